The third-order valence-electron chi connectivity index (χ3n) is 4.75. The fraction of sp³-hybridized carbons (Fsp3) is 0.562. The number of aromatic nitrogens is 6. The first-order chi connectivity index (χ1) is 12.1. The molecule has 9 heteroatoms. The predicted molar refractivity (Wildman–Crippen MR) is 89.2 cm³/mol. The SMILES string of the molecule is Cc1noc(C(Nc2c(C)c(C)nc3ncnn23)C2CCOCC2)n1. The average Bonchev–Trinajstić information content (AvgIpc) is 3.25. The highest BCUT2D eigenvalue weighted by Gasteiger charge is 2.31. The van der Waals surface area contributed by atoms with Gasteiger partial charge in [0.2, 0.25) is 5.89 Å². The molecule has 0 bridgehead atoms. The van der Waals surface area contributed by atoms with Crippen molar-refractivity contribution in [3.8, 4) is 0 Å². The predicted octanol–water partition coefficient (Wildman–Crippen LogP) is 2.01. The fourth-order valence-electron chi connectivity index (χ4n) is 3.22. The number of fused-ring (bicyclic) bond motifs is 1. The fourth-order valence-corrected chi connectivity index (χ4v) is 3.22. The van der Waals surface area contributed by atoms with Crippen LogP contribution in [0.3, 0.4) is 0 Å². The summed E-state index contributed by atoms with van der Waals surface area (Å²) in [5.41, 5.74) is 1.93. The van der Waals surface area contributed by atoms with Crippen molar-refractivity contribution in [2.24, 2.45) is 5.92 Å². The Morgan fingerprint density at radius 3 is 2.72 bits per heavy atom. The van der Waals surface area contributed by atoms with Crippen LogP contribution in [0.4, 0.5) is 5.82 Å². The second kappa shape index (κ2) is 6.40. The highest BCUT2D eigenvalue weighted by Crippen LogP contribution is 2.33. The highest BCUT2D eigenvalue weighted by atomic mass is 16.5. The van der Waals surface area contributed by atoms with Crippen LogP contribution in [0.2, 0.25) is 0 Å². The molecule has 9 nitrogen and oxygen atoms in total. The van der Waals surface area contributed by atoms with Crippen LogP contribution in [0.1, 0.15) is 41.9 Å². The third-order valence-corrected chi connectivity index (χ3v) is 4.75. The first-order valence-corrected chi connectivity index (χ1v) is 8.45. The number of ether oxygens (including phenoxy) is 1. The number of hydrogen-bond acceptors (Lipinski definition) is 8. The molecule has 4 rings (SSSR count). The van der Waals surface area contributed by atoms with Gasteiger partial charge in [-0.1, -0.05) is 5.16 Å². The van der Waals surface area contributed by atoms with Gasteiger partial charge in [-0.3, -0.25) is 0 Å². The Kier molecular flexibility index (Phi) is 4.08. The van der Waals surface area contributed by atoms with Crippen molar-refractivity contribution >= 4 is 11.6 Å². The van der Waals surface area contributed by atoms with Gasteiger partial charge in [-0.2, -0.15) is 19.6 Å². The minimum atomic E-state index is -0.113. The summed E-state index contributed by atoms with van der Waals surface area (Å²) in [5, 5.41) is 11.9. The maximum Gasteiger partial charge on any atom is 0.254 e. The van der Waals surface area contributed by atoms with E-state index in [1.54, 1.807) is 4.52 Å². The van der Waals surface area contributed by atoms with Crippen molar-refractivity contribution in [1.82, 2.24) is 29.7 Å². The van der Waals surface area contributed by atoms with E-state index in [4.69, 9.17) is 9.26 Å². The normalized spacial score (nSPS) is 17.1. The molecule has 1 atom stereocenters. The van der Waals surface area contributed by atoms with Gasteiger partial charge in [-0.15, -0.1) is 0 Å². The first-order valence-electron chi connectivity index (χ1n) is 8.45. The Morgan fingerprint density at radius 2 is 2.00 bits per heavy atom. The summed E-state index contributed by atoms with van der Waals surface area (Å²) in [6.45, 7) is 7.29. The molecule has 25 heavy (non-hydrogen) atoms. The molecule has 0 saturated carbocycles. The molecule has 1 unspecified atom stereocenters. The van der Waals surface area contributed by atoms with Crippen molar-refractivity contribution in [1.29, 1.82) is 0 Å². The standard InChI is InChI=1S/C16H21N7O2/c1-9-10(2)19-16-17-8-18-23(16)14(9)21-13(12-4-6-24-7-5-12)15-20-11(3)22-25-15/h8,12-13,21H,4-7H2,1-3H3. The number of aryl methyl sites for hydroxylation is 2. The van der Waals surface area contributed by atoms with Gasteiger partial charge in [0.05, 0.1) is 0 Å². The van der Waals surface area contributed by atoms with Crippen LogP contribution in [0.15, 0.2) is 10.9 Å². The molecule has 0 radical (unpaired) electrons. The Bertz CT molecular complexity index is 882. The van der Waals surface area contributed by atoms with E-state index in [0.29, 0.717) is 23.4 Å². The second-order valence-electron chi connectivity index (χ2n) is 6.39. The topological polar surface area (TPSA) is 103 Å². The number of rotatable bonds is 4. The Hall–Kier alpha value is -2.55. The van der Waals surface area contributed by atoms with Gasteiger partial charge in [0.25, 0.3) is 5.78 Å². The van der Waals surface area contributed by atoms with E-state index < -0.39 is 0 Å². The van der Waals surface area contributed by atoms with Gasteiger partial charge in [0, 0.05) is 24.5 Å². The van der Waals surface area contributed by atoms with E-state index in [1.165, 1.54) is 6.33 Å². The Morgan fingerprint density at radius 1 is 1.20 bits per heavy atom. The zero-order chi connectivity index (χ0) is 17.4. The van der Waals surface area contributed by atoms with Crippen LogP contribution >= 0.6 is 0 Å². The van der Waals surface area contributed by atoms with Crippen molar-refractivity contribution in [3.05, 3.63) is 29.3 Å². The second-order valence-corrected chi connectivity index (χ2v) is 6.39. The number of nitrogens with zero attached hydrogens (tertiary/aromatic N) is 6. The molecular weight excluding hydrogens is 322 g/mol. The maximum absolute atomic E-state index is 5.51. The summed E-state index contributed by atoms with van der Waals surface area (Å²) < 4.78 is 12.7. The van der Waals surface area contributed by atoms with Gasteiger partial charge < -0.3 is 14.6 Å². The number of anilines is 1. The molecule has 0 aliphatic carbocycles. The third kappa shape index (κ3) is 2.95. The molecule has 0 aromatic carbocycles. The van der Waals surface area contributed by atoms with Crippen LogP contribution < -0.4 is 5.32 Å². The summed E-state index contributed by atoms with van der Waals surface area (Å²) in [6, 6.07) is -0.113. The highest BCUT2D eigenvalue weighted by molar-refractivity contribution is 5.52. The van der Waals surface area contributed by atoms with E-state index in [2.05, 4.69) is 30.5 Å². The lowest BCUT2D eigenvalue weighted by atomic mass is 9.91. The lowest BCUT2D eigenvalue weighted by Gasteiger charge is -2.29. The summed E-state index contributed by atoms with van der Waals surface area (Å²) in [4.78, 5) is 13.1. The summed E-state index contributed by atoms with van der Waals surface area (Å²) >= 11 is 0. The van der Waals surface area contributed by atoms with E-state index in [-0.39, 0.29) is 6.04 Å². The van der Waals surface area contributed by atoms with Crippen molar-refractivity contribution in [2.45, 2.75) is 39.7 Å². The Balaban J connectivity index is 1.76. The van der Waals surface area contributed by atoms with Crippen LogP contribution in [-0.4, -0.2) is 42.9 Å². The molecule has 1 aliphatic rings. The molecule has 1 saturated heterocycles. The Labute approximate surface area is 144 Å². The molecule has 0 amide bonds. The van der Waals surface area contributed by atoms with Crippen LogP contribution in [0.25, 0.3) is 5.78 Å². The van der Waals surface area contributed by atoms with Gasteiger partial charge in [0.15, 0.2) is 5.82 Å². The van der Waals surface area contributed by atoms with Crippen molar-refractivity contribution in [2.75, 3.05) is 18.5 Å². The zero-order valence-electron chi connectivity index (χ0n) is 14.6. The van der Waals surface area contributed by atoms with Crippen molar-refractivity contribution in [3.63, 3.8) is 0 Å². The number of nitrogens with one attached hydrogen (secondary N) is 1. The molecule has 132 valence electrons. The molecule has 4 heterocycles. The first kappa shape index (κ1) is 15.9. The quantitative estimate of drug-likeness (QED) is 0.767. The van der Waals surface area contributed by atoms with E-state index in [9.17, 15) is 0 Å². The smallest absolute Gasteiger partial charge is 0.254 e. The minimum Gasteiger partial charge on any atom is -0.381 e. The van der Waals surface area contributed by atoms with Gasteiger partial charge in [0.1, 0.15) is 18.2 Å². The molecular formula is C16H21N7O2. The molecule has 1 N–H and O–H groups in total. The van der Waals surface area contributed by atoms with E-state index >= 15 is 0 Å². The van der Waals surface area contributed by atoms with Gasteiger partial charge in [-0.25, -0.2) is 4.98 Å². The number of hydrogen-bond donors (Lipinski definition) is 1. The van der Waals surface area contributed by atoms with Gasteiger partial charge >= 0.3 is 0 Å². The van der Waals surface area contributed by atoms with Crippen molar-refractivity contribution < 1.29 is 9.26 Å². The summed E-state index contributed by atoms with van der Waals surface area (Å²) in [7, 11) is 0. The molecule has 1 fully saturated rings. The monoisotopic (exact) mass is 343 g/mol. The molecule has 3 aromatic heterocycles. The lowest BCUT2D eigenvalue weighted by Crippen LogP contribution is -2.28. The molecule has 1 aliphatic heterocycles. The van der Waals surface area contributed by atoms with Crippen LogP contribution in [-0.2, 0) is 4.74 Å². The maximum atomic E-state index is 5.51. The van der Waals surface area contributed by atoms with E-state index in [1.807, 2.05) is 20.8 Å². The minimum absolute atomic E-state index is 0.113. The summed E-state index contributed by atoms with van der Waals surface area (Å²) in [6.07, 6.45) is 3.37. The largest absolute Gasteiger partial charge is 0.381 e. The lowest BCUT2D eigenvalue weighted by molar-refractivity contribution is 0.0570. The zero-order valence-corrected chi connectivity index (χ0v) is 14.6. The summed E-state index contributed by atoms with van der Waals surface area (Å²) in [5.74, 6) is 2.97. The molecule has 0 spiro atoms. The van der Waals surface area contributed by atoms with Crippen LogP contribution in [0, 0.1) is 26.7 Å². The van der Waals surface area contributed by atoms with Crippen LogP contribution in [0.5, 0.6) is 0 Å². The van der Waals surface area contributed by atoms with E-state index in [0.717, 1.165) is 43.1 Å². The average molecular weight is 343 g/mol. The molecule has 3 aromatic rings. The van der Waals surface area contributed by atoms with Gasteiger partial charge in [-0.05, 0) is 39.5 Å².